The molecule has 2 aliphatic rings. The third kappa shape index (κ3) is 4.76. The van der Waals surface area contributed by atoms with Gasteiger partial charge in [0.05, 0.1) is 26.0 Å². The second kappa shape index (κ2) is 10.1. The maximum Gasteiger partial charge on any atom is 0.274 e. The number of hydrazone groups is 1. The Hall–Kier alpha value is -3.38. The van der Waals surface area contributed by atoms with Crippen LogP contribution in [0.3, 0.4) is 0 Å². The molecule has 1 amide bonds. The Morgan fingerprint density at radius 3 is 2.34 bits per heavy atom. The van der Waals surface area contributed by atoms with Gasteiger partial charge in [0.2, 0.25) is 0 Å². The van der Waals surface area contributed by atoms with Crippen molar-refractivity contribution >= 4 is 33.6 Å². The Morgan fingerprint density at radius 2 is 1.69 bits per heavy atom. The predicted octanol–water partition coefficient (Wildman–Crippen LogP) is 6.90. The van der Waals surface area contributed by atoms with E-state index in [9.17, 15) is 4.79 Å². The van der Waals surface area contributed by atoms with Crippen molar-refractivity contribution < 1.29 is 14.3 Å². The molecule has 0 aromatic heterocycles. The Labute approximate surface area is 214 Å². The van der Waals surface area contributed by atoms with Crippen LogP contribution in [0.25, 0.3) is 6.08 Å². The van der Waals surface area contributed by atoms with E-state index in [2.05, 4.69) is 34.1 Å². The maximum absolute atomic E-state index is 13.7. The molecule has 2 unspecified atom stereocenters. The lowest BCUT2D eigenvalue weighted by molar-refractivity contribution is 0.0680. The Kier molecular flexibility index (Phi) is 6.73. The van der Waals surface area contributed by atoms with Crippen LogP contribution in [0.2, 0.25) is 0 Å². The number of hydrogen-bond donors (Lipinski definition) is 0. The monoisotopic (exact) mass is 530 g/mol. The van der Waals surface area contributed by atoms with Crippen LogP contribution in [-0.4, -0.2) is 30.8 Å². The summed E-state index contributed by atoms with van der Waals surface area (Å²) in [6, 6.07) is 23.4. The van der Waals surface area contributed by atoms with Crippen LogP contribution in [0.4, 0.5) is 0 Å². The minimum absolute atomic E-state index is 0.0992. The van der Waals surface area contributed by atoms with E-state index in [4.69, 9.17) is 14.6 Å². The number of allylic oxidation sites excluding steroid dienone is 1. The number of rotatable bonds is 5. The van der Waals surface area contributed by atoms with Gasteiger partial charge in [0.15, 0.2) is 0 Å². The lowest BCUT2D eigenvalue weighted by Gasteiger charge is -2.29. The fourth-order valence-corrected chi connectivity index (χ4v) is 5.36. The van der Waals surface area contributed by atoms with Crippen LogP contribution in [0.5, 0.6) is 11.5 Å². The Bertz CT molecular complexity index is 1280. The van der Waals surface area contributed by atoms with E-state index in [0.29, 0.717) is 5.56 Å². The molecule has 6 heteroatoms. The zero-order valence-electron chi connectivity index (χ0n) is 19.8. The van der Waals surface area contributed by atoms with Gasteiger partial charge in [-0.2, -0.15) is 5.10 Å². The molecule has 1 aliphatic carbocycles. The standard InChI is InChI=1S/C29H27BrN2O3/c1-34-24-13-9-19(10-14-24)17-21-5-4-8-26-27(21)31-32(29(33)22-6-3-7-23(30)18-22)28(26)20-11-15-25(35-2)16-12-20/h3,6-7,9-18,26,28H,4-5,8H2,1-2H3/b21-17+. The van der Waals surface area contributed by atoms with Crippen LogP contribution in [0.15, 0.2) is 87.9 Å². The summed E-state index contributed by atoms with van der Waals surface area (Å²) in [5, 5.41) is 6.68. The zero-order valence-corrected chi connectivity index (χ0v) is 21.4. The summed E-state index contributed by atoms with van der Waals surface area (Å²) in [5.74, 6) is 1.66. The summed E-state index contributed by atoms with van der Waals surface area (Å²) in [5.41, 5.74) is 4.97. The normalized spacial score (nSPS) is 20.4. The van der Waals surface area contributed by atoms with Gasteiger partial charge < -0.3 is 9.47 Å². The average molecular weight is 531 g/mol. The number of fused-ring (bicyclic) bond motifs is 1. The van der Waals surface area contributed by atoms with E-state index < -0.39 is 0 Å². The van der Waals surface area contributed by atoms with Gasteiger partial charge in [-0.3, -0.25) is 4.79 Å². The third-order valence-corrected chi connectivity index (χ3v) is 7.19. The molecule has 3 aromatic carbocycles. The molecule has 3 aromatic rings. The van der Waals surface area contributed by atoms with E-state index in [1.807, 2.05) is 60.7 Å². The summed E-state index contributed by atoms with van der Waals surface area (Å²) in [6.07, 6.45) is 5.17. The lowest BCUT2D eigenvalue weighted by atomic mass is 9.77. The van der Waals surface area contributed by atoms with Gasteiger partial charge in [0.25, 0.3) is 5.91 Å². The molecule has 2 atom stereocenters. The molecule has 178 valence electrons. The highest BCUT2D eigenvalue weighted by Crippen LogP contribution is 2.45. The van der Waals surface area contributed by atoms with Crippen molar-refractivity contribution in [2.45, 2.75) is 25.3 Å². The molecule has 0 radical (unpaired) electrons. The van der Waals surface area contributed by atoms with E-state index in [1.165, 1.54) is 5.57 Å². The topological polar surface area (TPSA) is 51.1 Å². The number of methoxy groups -OCH3 is 2. The first-order chi connectivity index (χ1) is 17.1. The number of nitrogens with zero attached hydrogens (tertiary/aromatic N) is 2. The van der Waals surface area contributed by atoms with Crippen LogP contribution in [-0.2, 0) is 0 Å². The quantitative estimate of drug-likeness (QED) is 0.360. The van der Waals surface area contributed by atoms with Crippen LogP contribution in [0, 0.1) is 5.92 Å². The van der Waals surface area contributed by atoms with Crippen molar-refractivity contribution in [3.8, 4) is 11.5 Å². The smallest absolute Gasteiger partial charge is 0.274 e. The first kappa shape index (κ1) is 23.4. The number of halogens is 1. The molecule has 0 saturated heterocycles. The van der Waals surface area contributed by atoms with Crippen molar-refractivity contribution in [2.24, 2.45) is 11.0 Å². The third-order valence-electron chi connectivity index (χ3n) is 6.70. The SMILES string of the molecule is COc1ccc(/C=C2\CCCC3C2=NN(C(=O)c2cccc(Br)c2)C3c2ccc(OC)cc2)cc1. The predicted molar refractivity (Wildman–Crippen MR) is 142 cm³/mol. The van der Waals surface area contributed by atoms with Gasteiger partial charge >= 0.3 is 0 Å². The van der Waals surface area contributed by atoms with Crippen molar-refractivity contribution in [2.75, 3.05) is 14.2 Å². The first-order valence-corrected chi connectivity index (χ1v) is 12.5. The van der Waals surface area contributed by atoms with Gasteiger partial charge in [-0.25, -0.2) is 5.01 Å². The van der Waals surface area contributed by atoms with E-state index in [1.54, 1.807) is 19.2 Å². The van der Waals surface area contributed by atoms with E-state index >= 15 is 0 Å². The minimum Gasteiger partial charge on any atom is -0.497 e. The summed E-state index contributed by atoms with van der Waals surface area (Å²) in [7, 11) is 3.33. The number of hydrogen-bond acceptors (Lipinski definition) is 4. The van der Waals surface area contributed by atoms with Gasteiger partial charge in [-0.15, -0.1) is 0 Å². The molecule has 35 heavy (non-hydrogen) atoms. The molecular weight excluding hydrogens is 504 g/mol. The highest BCUT2D eigenvalue weighted by Gasteiger charge is 2.44. The molecule has 0 N–H and O–H groups in total. The molecule has 1 aliphatic heterocycles. The van der Waals surface area contributed by atoms with Gasteiger partial charge in [-0.05, 0) is 84.5 Å². The molecular formula is C29H27BrN2O3. The number of amides is 1. The summed E-state index contributed by atoms with van der Waals surface area (Å²) < 4.78 is 11.5. The fourth-order valence-electron chi connectivity index (χ4n) is 4.96. The molecule has 1 fully saturated rings. The van der Waals surface area contributed by atoms with E-state index in [-0.39, 0.29) is 17.9 Å². The Morgan fingerprint density at radius 1 is 1.00 bits per heavy atom. The molecule has 5 nitrogen and oxygen atoms in total. The molecule has 5 rings (SSSR count). The van der Waals surface area contributed by atoms with Crippen LogP contribution < -0.4 is 9.47 Å². The second-order valence-electron chi connectivity index (χ2n) is 8.80. The average Bonchev–Trinajstić information content (AvgIpc) is 3.29. The number of ether oxygens (including phenoxy) is 2. The number of benzene rings is 3. The van der Waals surface area contributed by atoms with Crippen LogP contribution in [0.1, 0.15) is 46.8 Å². The minimum atomic E-state index is -0.165. The Balaban J connectivity index is 1.56. The number of carbonyl (C=O) groups excluding carboxylic acids is 1. The van der Waals surface area contributed by atoms with Crippen molar-refractivity contribution in [3.05, 3.63) is 99.5 Å². The summed E-state index contributed by atoms with van der Waals surface area (Å²) in [4.78, 5) is 13.7. The highest BCUT2D eigenvalue weighted by atomic mass is 79.9. The largest absolute Gasteiger partial charge is 0.497 e. The van der Waals surface area contributed by atoms with Gasteiger partial charge in [0.1, 0.15) is 11.5 Å². The number of carbonyl (C=O) groups is 1. The summed E-state index contributed by atoms with van der Waals surface area (Å²) in [6.45, 7) is 0. The van der Waals surface area contributed by atoms with Gasteiger partial charge in [0, 0.05) is 16.0 Å². The fraction of sp³-hybridized carbons (Fsp3) is 0.241. The highest BCUT2D eigenvalue weighted by molar-refractivity contribution is 9.10. The first-order valence-electron chi connectivity index (χ1n) is 11.7. The van der Waals surface area contributed by atoms with Crippen LogP contribution >= 0.6 is 15.9 Å². The molecule has 0 spiro atoms. The maximum atomic E-state index is 13.7. The molecule has 1 saturated carbocycles. The van der Waals surface area contributed by atoms with Gasteiger partial charge in [-0.1, -0.05) is 46.3 Å². The second-order valence-corrected chi connectivity index (χ2v) is 9.72. The van der Waals surface area contributed by atoms with Crippen molar-refractivity contribution in [1.82, 2.24) is 5.01 Å². The molecule has 0 bridgehead atoms. The van der Waals surface area contributed by atoms with E-state index in [0.717, 1.165) is 52.1 Å². The zero-order chi connectivity index (χ0) is 24.4. The summed E-state index contributed by atoms with van der Waals surface area (Å²) >= 11 is 3.49. The molecule has 1 heterocycles. The van der Waals surface area contributed by atoms with Crippen molar-refractivity contribution in [3.63, 3.8) is 0 Å². The lowest BCUT2D eigenvalue weighted by Crippen LogP contribution is -2.31. The van der Waals surface area contributed by atoms with Crippen molar-refractivity contribution in [1.29, 1.82) is 0 Å².